The largest absolute Gasteiger partial charge is 0.354 e. The van der Waals surface area contributed by atoms with Crippen LogP contribution in [0, 0.1) is 5.92 Å². The van der Waals surface area contributed by atoms with Crippen LogP contribution < -0.4 is 10.2 Å². The van der Waals surface area contributed by atoms with Gasteiger partial charge in [0.1, 0.15) is 5.82 Å². The molecule has 0 spiro atoms. The van der Waals surface area contributed by atoms with Crippen LogP contribution >= 0.6 is 0 Å². The molecule has 0 atom stereocenters. The Hall–Kier alpha value is -1.23. The zero-order chi connectivity index (χ0) is 13.5. The van der Waals surface area contributed by atoms with Crippen molar-refractivity contribution in [3.63, 3.8) is 0 Å². The quantitative estimate of drug-likeness (QED) is 0.813. The molecule has 0 amide bonds. The lowest BCUT2D eigenvalue weighted by atomic mass is 10.2. The van der Waals surface area contributed by atoms with E-state index in [1.807, 2.05) is 12.1 Å². The van der Waals surface area contributed by atoms with Crippen molar-refractivity contribution in [2.24, 2.45) is 5.92 Å². The number of alkyl halides is 2. The third kappa shape index (κ3) is 5.40. The van der Waals surface area contributed by atoms with Crippen molar-refractivity contribution in [1.82, 2.24) is 10.3 Å². The van der Waals surface area contributed by atoms with Gasteiger partial charge in [-0.1, -0.05) is 13.8 Å². The van der Waals surface area contributed by atoms with Gasteiger partial charge in [0.05, 0.1) is 6.54 Å². The molecule has 0 saturated heterocycles. The summed E-state index contributed by atoms with van der Waals surface area (Å²) in [6.45, 7) is 5.65. The van der Waals surface area contributed by atoms with E-state index in [1.54, 1.807) is 13.2 Å². The van der Waals surface area contributed by atoms with E-state index < -0.39 is 6.43 Å². The number of anilines is 1. The summed E-state index contributed by atoms with van der Waals surface area (Å²) in [6, 6.07) is 3.74. The molecule has 1 aromatic heterocycles. The van der Waals surface area contributed by atoms with Crippen LogP contribution in [0.3, 0.4) is 0 Å². The van der Waals surface area contributed by atoms with Gasteiger partial charge in [-0.05, 0) is 30.2 Å². The third-order valence-corrected chi connectivity index (χ3v) is 2.49. The molecule has 1 aromatic rings. The van der Waals surface area contributed by atoms with Gasteiger partial charge >= 0.3 is 0 Å². The highest BCUT2D eigenvalue weighted by Gasteiger charge is 2.09. The minimum absolute atomic E-state index is 0.296. The van der Waals surface area contributed by atoms with Gasteiger partial charge in [-0.15, -0.1) is 0 Å². The maximum Gasteiger partial charge on any atom is 0.255 e. The lowest BCUT2D eigenvalue weighted by Crippen LogP contribution is -2.25. The molecule has 18 heavy (non-hydrogen) atoms. The number of rotatable bonds is 7. The molecule has 1 N–H and O–H groups in total. The second kappa shape index (κ2) is 7.26. The molecule has 3 nitrogen and oxygen atoms in total. The molecule has 0 aromatic carbocycles. The van der Waals surface area contributed by atoms with Gasteiger partial charge in [-0.3, -0.25) is 0 Å². The van der Waals surface area contributed by atoms with Crippen LogP contribution in [0.5, 0.6) is 0 Å². The van der Waals surface area contributed by atoms with Gasteiger partial charge in [0, 0.05) is 19.8 Å². The lowest BCUT2D eigenvalue weighted by molar-refractivity contribution is 0.156. The smallest absolute Gasteiger partial charge is 0.255 e. The number of nitrogens with one attached hydrogen (secondary N) is 1. The Labute approximate surface area is 107 Å². The zero-order valence-corrected chi connectivity index (χ0v) is 11.2. The van der Waals surface area contributed by atoms with Crippen LogP contribution in [0.1, 0.15) is 19.4 Å². The predicted octanol–water partition coefficient (Wildman–Crippen LogP) is 2.53. The molecule has 0 saturated carbocycles. The van der Waals surface area contributed by atoms with E-state index in [9.17, 15) is 8.78 Å². The van der Waals surface area contributed by atoms with Gasteiger partial charge < -0.3 is 10.2 Å². The third-order valence-electron chi connectivity index (χ3n) is 2.49. The summed E-state index contributed by atoms with van der Waals surface area (Å²) < 4.78 is 24.6. The second-order valence-electron chi connectivity index (χ2n) is 4.82. The second-order valence-corrected chi connectivity index (χ2v) is 4.82. The van der Waals surface area contributed by atoms with Crippen molar-refractivity contribution in [3.8, 4) is 0 Å². The normalized spacial score (nSPS) is 11.3. The van der Waals surface area contributed by atoms with Crippen molar-refractivity contribution in [3.05, 3.63) is 23.9 Å². The molecule has 0 bridgehead atoms. The average molecular weight is 257 g/mol. The Balaban J connectivity index is 2.56. The van der Waals surface area contributed by atoms with E-state index in [-0.39, 0.29) is 6.54 Å². The zero-order valence-electron chi connectivity index (χ0n) is 11.2. The SMILES string of the molecule is CC(C)CNCc1ccnc(N(C)CC(F)F)c1. The standard InChI is InChI=1S/C13H21F2N3/c1-10(2)7-16-8-11-4-5-17-13(6-11)18(3)9-12(14)15/h4-6,10,12,16H,7-9H2,1-3H3. The number of hydrogen-bond acceptors (Lipinski definition) is 3. The van der Waals surface area contributed by atoms with Gasteiger partial charge in [0.25, 0.3) is 6.43 Å². The molecule has 0 radical (unpaired) electrons. The summed E-state index contributed by atoms with van der Waals surface area (Å²) in [6.07, 6.45) is -0.691. The summed E-state index contributed by atoms with van der Waals surface area (Å²) in [5, 5.41) is 3.31. The van der Waals surface area contributed by atoms with Crippen molar-refractivity contribution in [2.45, 2.75) is 26.8 Å². The summed E-state index contributed by atoms with van der Waals surface area (Å²) in [7, 11) is 1.62. The number of aromatic nitrogens is 1. The van der Waals surface area contributed by atoms with Crippen LogP contribution in [-0.2, 0) is 6.54 Å². The lowest BCUT2D eigenvalue weighted by Gasteiger charge is -2.18. The van der Waals surface area contributed by atoms with Crippen LogP contribution in [-0.4, -0.2) is 31.5 Å². The van der Waals surface area contributed by atoms with Crippen molar-refractivity contribution >= 4 is 5.82 Å². The molecule has 0 unspecified atom stereocenters. The molecule has 102 valence electrons. The minimum atomic E-state index is -2.35. The molecular weight excluding hydrogens is 236 g/mol. The van der Waals surface area contributed by atoms with Crippen molar-refractivity contribution in [1.29, 1.82) is 0 Å². The highest BCUT2D eigenvalue weighted by Crippen LogP contribution is 2.12. The summed E-state index contributed by atoms with van der Waals surface area (Å²) in [5.41, 5.74) is 1.06. The van der Waals surface area contributed by atoms with Crippen molar-refractivity contribution < 1.29 is 8.78 Å². The Morgan fingerprint density at radius 1 is 1.39 bits per heavy atom. The Kier molecular flexibility index (Phi) is 5.98. The topological polar surface area (TPSA) is 28.2 Å². The van der Waals surface area contributed by atoms with Crippen LogP contribution in [0.15, 0.2) is 18.3 Å². The highest BCUT2D eigenvalue weighted by molar-refractivity contribution is 5.40. The van der Waals surface area contributed by atoms with E-state index in [4.69, 9.17) is 0 Å². The van der Waals surface area contributed by atoms with Crippen LogP contribution in [0.25, 0.3) is 0 Å². The first-order valence-corrected chi connectivity index (χ1v) is 6.14. The number of halogens is 2. The summed E-state index contributed by atoms with van der Waals surface area (Å²) >= 11 is 0. The maximum atomic E-state index is 12.3. The van der Waals surface area contributed by atoms with E-state index in [1.165, 1.54) is 4.90 Å². The molecule has 5 heteroatoms. The first-order valence-electron chi connectivity index (χ1n) is 6.14. The molecular formula is C13H21F2N3. The first-order chi connectivity index (χ1) is 8.49. The molecule has 1 rings (SSSR count). The van der Waals surface area contributed by atoms with E-state index in [0.29, 0.717) is 11.7 Å². The van der Waals surface area contributed by atoms with E-state index in [2.05, 4.69) is 24.1 Å². The maximum absolute atomic E-state index is 12.3. The number of nitrogens with zero attached hydrogens (tertiary/aromatic N) is 2. The van der Waals surface area contributed by atoms with E-state index in [0.717, 1.165) is 18.7 Å². The fraction of sp³-hybridized carbons (Fsp3) is 0.615. The van der Waals surface area contributed by atoms with Crippen LogP contribution in [0.4, 0.5) is 14.6 Å². The molecule has 0 aliphatic carbocycles. The summed E-state index contributed by atoms with van der Waals surface area (Å²) in [4.78, 5) is 5.57. The number of hydrogen-bond donors (Lipinski definition) is 1. The van der Waals surface area contributed by atoms with Gasteiger partial charge in [-0.2, -0.15) is 0 Å². The Morgan fingerprint density at radius 3 is 2.72 bits per heavy atom. The fourth-order valence-corrected chi connectivity index (χ4v) is 1.59. The predicted molar refractivity (Wildman–Crippen MR) is 70.1 cm³/mol. The number of pyridine rings is 1. The molecule has 0 fully saturated rings. The Bertz CT molecular complexity index is 356. The Morgan fingerprint density at radius 2 is 2.11 bits per heavy atom. The van der Waals surface area contributed by atoms with E-state index >= 15 is 0 Å². The van der Waals surface area contributed by atoms with Gasteiger partial charge in [0.2, 0.25) is 0 Å². The highest BCUT2D eigenvalue weighted by atomic mass is 19.3. The fourth-order valence-electron chi connectivity index (χ4n) is 1.59. The molecule has 1 heterocycles. The average Bonchev–Trinajstić information content (AvgIpc) is 2.28. The summed E-state index contributed by atoms with van der Waals surface area (Å²) in [5.74, 6) is 1.17. The first kappa shape index (κ1) is 14.8. The monoisotopic (exact) mass is 257 g/mol. The van der Waals surface area contributed by atoms with Crippen LogP contribution in [0.2, 0.25) is 0 Å². The minimum Gasteiger partial charge on any atom is -0.354 e. The van der Waals surface area contributed by atoms with Crippen molar-refractivity contribution in [2.75, 3.05) is 25.0 Å². The molecule has 0 aliphatic rings. The van der Waals surface area contributed by atoms with Gasteiger partial charge in [-0.25, -0.2) is 13.8 Å². The molecule has 0 aliphatic heterocycles. The van der Waals surface area contributed by atoms with Gasteiger partial charge in [0.15, 0.2) is 0 Å².